The van der Waals surface area contributed by atoms with Gasteiger partial charge in [0.1, 0.15) is 11.6 Å². The number of hydrogen-bond donors (Lipinski definition) is 2. The summed E-state index contributed by atoms with van der Waals surface area (Å²) in [5, 5.41) is 3.18. The monoisotopic (exact) mass is 323 g/mol. The van der Waals surface area contributed by atoms with Gasteiger partial charge in [-0.3, -0.25) is 0 Å². The first-order valence-corrected chi connectivity index (χ1v) is 6.75. The molecule has 1 aromatic heterocycles. The Labute approximate surface area is 120 Å². The molecule has 1 aromatic carbocycles. The SMILES string of the molecule is Cc1cc(F)ccc1CCNc1ncc(Br)cc1N. The number of pyridine rings is 1. The van der Waals surface area contributed by atoms with Gasteiger partial charge in [0, 0.05) is 17.2 Å². The number of nitrogens with zero attached hydrogens (tertiary/aromatic N) is 1. The van der Waals surface area contributed by atoms with Gasteiger partial charge >= 0.3 is 0 Å². The van der Waals surface area contributed by atoms with Gasteiger partial charge < -0.3 is 11.1 Å². The highest BCUT2D eigenvalue weighted by atomic mass is 79.9. The minimum absolute atomic E-state index is 0.201. The fourth-order valence-electron chi connectivity index (χ4n) is 1.86. The molecule has 3 nitrogen and oxygen atoms in total. The van der Waals surface area contributed by atoms with Crippen LogP contribution in [0.25, 0.3) is 0 Å². The average Bonchev–Trinajstić information content (AvgIpc) is 2.34. The standard InChI is InChI=1S/C14H15BrFN3/c1-9-6-12(16)3-2-10(9)4-5-18-14-13(17)7-11(15)8-19-14/h2-3,6-8H,4-5,17H2,1H3,(H,18,19). The fraction of sp³-hybridized carbons (Fsp3) is 0.214. The van der Waals surface area contributed by atoms with Crippen molar-refractivity contribution in [3.63, 3.8) is 0 Å². The molecule has 1 heterocycles. The minimum Gasteiger partial charge on any atom is -0.396 e. The van der Waals surface area contributed by atoms with E-state index in [1.807, 2.05) is 13.0 Å². The van der Waals surface area contributed by atoms with E-state index in [1.165, 1.54) is 6.07 Å². The molecule has 0 fully saturated rings. The number of aryl methyl sites for hydroxylation is 1. The van der Waals surface area contributed by atoms with Crippen molar-refractivity contribution < 1.29 is 4.39 Å². The van der Waals surface area contributed by atoms with E-state index in [9.17, 15) is 4.39 Å². The smallest absolute Gasteiger partial charge is 0.149 e. The van der Waals surface area contributed by atoms with E-state index in [0.717, 1.165) is 22.0 Å². The van der Waals surface area contributed by atoms with Gasteiger partial charge in [-0.15, -0.1) is 0 Å². The summed E-state index contributed by atoms with van der Waals surface area (Å²) < 4.78 is 13.8. The predicted molar refractivity (Wildman–Crippen MR) is 79.7 cm³/mol. The molecule has 0 bridgehead atoms. The molecule has 2 aromatic rings. The quantitative estimate of drug-likeness (QED) is 0.905. The van der Waals surface area contributed by atoms with Gasteiger partial charge in [0.15, 0.2) is 0 Å². The number of nitrogens with one attached hydrogen (secondary N) is 1. The van der Waals surface area contributed by atoms with Crippen molar-refractivity contribution in [1.29, 1.82) is 0 Å². The zero-order chi connectivity index (χ0) is 13.8. The largest absolute Gasteiger partial charge is 0.396 e. The zero-order valence-corrected chi connectivity index (χ0v) is 12.2. The normalized spacial score (nSPS) is 10.5. The summed E-state index contributed by atoms with van der Waals surface area (Å²) in [6.07, 6.45) is 2.49. The molecule has 19 heavy (non-hydrogen) atoms. The van der Waals surface area contributed by atoms with Crippen molar-refractivity contribution in [2.75, 3.05) is 17.6 Å². The molecule has 0 aliphatic rings. The van der Waals surface area contributed by atoms with Crippen molar-refractivity contribution in [2.24, 2.45) is 0 Å². The number of anilines is 2. The number of aromatic nitrogens is 1. The molecule has 0 atom stereocenters. The Bertz CT molecular complexity index is 535. The third-order valence-corrected chi connectivity index (χ3v) is 3.31. The third kappa shape index (κ3) is 3.67. The lowest BCUT2D eigenvalue weighted by Gasteiger charge is -2.10. The lowest BCUT2D eigenvalue weighted by atomic mass is 10.1. The Morgan fingerprint density at radius 3 is 2.84 bits per heavy atom. The summed E-state index contributed by atoms with van der Waals surface area (Å²) in [6.45, 7) is 2.61. The maximum absolute atomic E-state index is 13.0. The summed E-state index contributed by atoms with van der Waals surface area (Å²) in [5.74, 6) is 0.469. The van der Waals surface area contributed by atoms with Crippen LogP contribution in [0.5, 0.6) is 0 Å². The van der Waals surface area contributed by atoms with Crippen LogP contribution in [0, 0.1) is 12.7 Å². The molecular formula is C14H15BrFN3. The van der Waals surface area contributed by atoms with Crippen LogP contribution in [0.15, 0.2) is 34.9 Å². The van der Waals surface area contributed by atoms with Crippen molar-refractivity contribution in [3.8, 4) is 0 Å². The predicted octanol–water partition coefficient (Wildman–Crippen LogP) is 3.53. The number of hydrogen-bond acceptors (Lipinski definition) is 3. The van der Waals surface area contributed by atoms with E-state index in [-0.39, 0.29) is 5.82 Å². The fourth-order valence-corrected chi connectivity index (χ4v) is 2.21. The van der Waals surface area contributed by atoms with Crippen LogP contribution >= 0.6 is 15.9 Å². The molecule has 0 spiro atoms. The molecule has 0 unspecified atom stereocenters. The zero-order valence-electron chi connectivity index (χ0n) is 10.6. The first kappa shape index (κ1) is 13.8. The van der Waals surface area contributed by atoms with Crippen LogP contribution in [0.3, 0.4) is 0 Å². The molecule has 0 aliphatic heterocycles. The summed E-state index contributed by atoms with van der Waals surface area (Å²) in [5.41, 5.74) is 8.52. The molecule has 100 valence electrons. The molecule has 0 amide bonds. The van der Waals surface area contributed by atoms with Crippen LogP contribution in [-0.2, 0) is 6.42 Å². The lowest BCUT2D eigenvalue weighted by molar-refractivity contribution is 0.625. The van der Waals surface area contributed by atoms with Gasteiger partial charge in [-0.05, 0) is 58.6 Å². The Morgan fingerprint density at radius 1 is 1.37 bits per heavy atom. The second-order valence-corrected chi connectivity index (χ2v) is 5.25. The highest BCUT2D eigenvalue weighted by Crippen LogP contribution is 2.20. The summed E-state index contributed by atoms with van der Waals surface area (Å²) in [6, 6.07) is 6.64. The van der Waals surface area contributed by atoms with Crippen LogP contribution in [0.1, 0.15) is 11.1 Å². The molecule has 3 N–H and O–H groups in total. The first-order chi connectivity index (χ1) is 9.06. The van der Waals surface area contributed by atoms with Gasteiger partial charge in [-0.25, -0.2) is 9.37 Å². The van der Waals surface area contributed by atoms with Crippen molar-refractivity contribution in [1.82, 2.24) is 4.98 Å². The number of benzene rings is 1. The molecule has 5 heteroatoms. The minimum atomic E-state index is -0.201. The maximum Gasteiger partial charge on any atom is 0.149 e. The summed E-state index contributed by atoms with van der Waals surface area (Å²) >= 11 is 3.31. The van der Waals surface area contributed by atoms with Gasteiger partial charge in [0.05, 0.1) is 5.69 Å². The molecule has 0 aliphatic carbocycles. The van der Waals surface area contributed by atoms with E-state index in [2.05, 4.69) is 26.2 Å². The van der Waals surface area contributed by atoms with Crippen molar-refractivity contribution >= 4 is 27.4 Å². The maximum atomic E-state index is 13.0. The van der Waals surface area contributed by atoms with Crippen LogP contribution in [0.2, 0.25) is 0 Å². The summed E-state index contributed by atoms with van der Waals surface area (Å²) in [7, 11) is 0. The Kier molecular flexibility index (Phi) is 4.37. The number of rotatable bonds is 4. The van der Waals surface area contributed by atoms with E-state index >= 15 is 0 Å². The second-order valence-electron chi connectivity index (χ2n) is 4.34. The van der Waals surface area contributed by atoms with E-state index in [0.29, 0.717) is 18.1 Å². The summed E-state index contributed by atoms with van der Waals surface area (Å²) in [4.78, 5) is 4.20. The van der Waals surface area contributed by atoms with E-state index < -0.39 is 0 Å². The van der Waals surface area contributed by atoms with Gasteiger partial charge in [-0.2, -0.15) is 0 Å². The molecular weight excluding hydrogens is 309 g/mol. The third-order valence-electron chi connectivity index (χ3n) is 2.88. The molecule has 0 saturated carbocycles. The van der Waals surface area contributed by atoms with Crippen LogP contribution in [-0.4, -0.2) is 11.5 Å². The Hall–Kier alpha value is -1.62. The van der Waals surface area contributed by atoms with Gasteiger partial charge in [0.25, 0.3) is 0 Å². The van der Waals surface area contributed by atoms with Gasteiger partial charge in [0.2, 0.25) is 0 Å². The Balaban J connectivity index is 1.96. The van der Waals surface area contributed by atoms with E-state index in [4.69, 9.17) is 5.73 Å². The number of halogens is 2. The number of nitrogens with two attached hydrogens (primary N) is 1. The van der Waals surface area contributed by atoms with Crippen molar-refractivity contribution in [2.45, 2.75) is 13.3 Å². The molecule has 0 saturated heterocycles. The molecule has 0 radical (unpaired) electrons. The van der Waals surface area contributed by atoms with Crippen LogP contribution < -0.4 is 11.1 Å². The number of nitrogen functional groups attached to an aromatic ring is 1. The first-order valence-electron chi connectivity index (χ1n) is 5.96. The van der Waals surface area contributed by atoms with Crippen molar-refractivity contribution in [3.05, 3.63) is 51.9 Å². The lowest BCUT2D eigenvalue weighted by Crippen LogP contribution is -2.09. The van der Waals surface area contributed by atoms with Gasteiger partial charge in [-0.1, -0.05) is 6.07 Å². The highest BCUT2D eigenvalue weighted by Gasteiger charge is 2.03. The second kappa shape index (κ2) is 6.02. The van der Waals surface area contributed by atoms with E-state index in [1.54, 1.807) is 18.3 Å². The van der Waals surface area contributed by atoms with Crippen LogP contribution in [0.4, 0.5) is 15.9 Å². The molecule has 2 rings (SSSR count). The average molecular weight is 324 g/mol. The Morgan fingerprint density at radius 2 is 2.16 bits per heavy atom. The highest BCUT2D eigenvalue weighted by molar-refractivity contribution is 9.10. The topological polar surface area (TPSA) is 50.9 Å².